The molecule has 0 fully saturated rings. The summed E-state index contributed by atoms with van der Waals surface area (Å²) in [6.07, 6.45) is 1.10. The normalized spacial score (nSPS) is 12.9. The maximum atomic E-state index is 12.8. The first-order chi connectivity index (χ1) is 12.7. The zero-order valence-corrected chi connectivity index (χ0v) is 17.4. The van der Waals surface area contributed by atoms with Gasteiger partial charge in [-0.15, -0.1) is 0 Å². The number of carbonyl (C=O) groups excluding carboxylic acids is 1. The molecule has 0 radical (unpaired) electrons. The first-order valence-electron chi connectivity index (χ1n) is 8.73. The van der Waals surface area contributed by atoms with Crippen LogP contribution in [0.25, 0.3) is 10.2 Å². The summed E-state index contributed by atoms with van der Waals surface area (Å²) in [5, 5.41) is 0. The maximum Gasteiger partial charge on any atom is 0.280 e. The lowest BCUT2D eigenvalue weighted by atomic mass is 10.0. The van der Waals surface area contributed by atoms with Crippen LogP contribution in [0, 0.1) is 0 Å². The second kappa shape index (κ2) is 7.40. The summed E-state index contributed by atoms with van der Waals surface area (Å²) >= 11 is 1.44. The molecule has 2 aromatic carbocycles. The van der Waals surface area contributed by atoms with Gasteiger partial charge in [-0.25, -0.2) is 8.42 Å². The van der Waals surface area contributed by atoms with E-state index >= 15 is 0 Å². The van der Waals surface area contributed by atoms with Crippen molar-refractivity contribution in [3.63, 3.8) is 0 Å². The van der Waals surface area contributed by atoms with Gasteiger partial charge >= 0.3 is 0 Å². The van der Waals surface area contributed by atoms with Gasteiger partial charge in [0.15, 0.2) is 14.6 Å². The van der Waals surface area contributed by atoms with E-state index in [-0.39, 0.29) is 10.5 Å². The van der Waals surface area contributed by atoms with E-state index in [4.69, 9.17) is 0 Å². The summed E-state index contributed by atoms with van der Waals surface area (Å²) in [6, 6.07) is 12.5. The van der Waals surface area contributed by atoms with Gasteiger partial charge < -0.3 is 4.57 Å². The van der Waals surface area contributed by atoms with Crippen molar-refractivity contribution in [2.24, 2.45) is 4.99 Å². The van der Waals surface area contributed by atoms with Gasteiger partial charge in [0.2, 0.25) is 0 Å². The van der Waals surface area contributed by atoms with Crippen molar-refractivity contribution in [2.75, 3.05) is 6.26 Å². The van der Waals surface area contributed by atoms with Crippen LogP contribution in [0.3, 0.4) is 0 Å². The summed E-state index contributed by atoms with van der Waals surface area (Å²) < 4.78 is 27.0. The van der Waals surface area contributed by atoms with Crippen LogP contribution in [0.1, 0.15) is 42.6 Å². The van der Waals surface area contributed by atoms with E-state index in [1.165, 1.54) is 29.0 Å². The van der Waals surface area contributed by atoms with Crippen LogP contribution in [-0.2, 0) is 16.4 Å². The number of benzene rings is 2. The average Bonchev–Trinajstić information content (AvgIpc) is 2.96. The standard InChI is InChI=1S/C20H22N2O3S2/c1-5-22-16-11-10-14(13(2)3)12-17(16)26-20(22)21-19(23)15-8-6-7-9-18(15)27(4,24)25/h6-13H,5H2,1-4H3. The van der Waals surface area contributed by atoms with Gasteiger partial charge in [-0.2, -0.15) is 4.99 Å². The molecule has 3 aromatic rings. The smallest absolute Gasteiger partial charge is 0.280 e. The minimum absolute atomic E-state index is 0.00463. The van der Waals surface area contributed by atoms with Crippen molar-refractivity contribution in [1.82, 2.24) is 4.57 Å². The molecule has 1 aromatic heterocycles. The molecule has 0 atom stereocenters. The monoisotopic (exact) mass is 402 g/mol. The van der Waals surface area contributed by atoms with E-state index < -0.39 is 15.7 Å². The van der Waals surface area contributed by atoms with E-state index in [1.54, 1.807) is 12.1 Å². The first-order valence-corrected chi connectivity index (χ1v) is 11.4. The number of sulfone groups is 1. The molecule has 0 aliphatic carbocycles. The molecule has 1 heterocycles. The van der Waals surface area contributed by atoms with E-state index in [0.29, 0.717) is 17.3 Å². The van der Waals surface area contributed by atoms with Crippen LogP contribution < -0.4 is 4.80 Å². The molecular formula is C20H22N2O3S2. The number of aromatic nitrogens is 1. The van der Waals surface area contributed by atoms with Gasteiger partial charge in [-0.05, 0) is 42.7 Å². The lowest BCUT2D eigenvalue weighted by Gasteiger charge is -2.06. The number of thiazole rings is 1. The Labute approximate surface area is 162 Å². The van der Waals surface area contributed by atoms with Crippen LogP contribution in [0.15, 0.2) is 52.4 Å². The first kappa shape index (κ1) is 19.5. The topological polar surface area (TPSA) is 68.5 Å². The van der Waals surface area contributed by atoms with Gasteiger partial charge in [0.05, 0.1) is 20.7 Å². The minimum atomic E-state index is -3.51. The molecule has 0 aliphatic rings. The van der Waals surface area contributed by atoms with Crippen LogP contribution in [0.2, 0.25) is 0 Å². The molecule has 27 heavy (non-hydrogen) atoms. The highest BCUT2D eigenvalue weighted by Gasteiger charge is 2.18. The molecule has 0 unspecified atom stereocenters. The molecule has 5 nitrogen and oxygen atoms in total. The molecule has 0 bridgehead atoms. The summed E-state index contributed by atoms with van der Waals surface area (Å²) in [5.74, 6) is -0.135. The number of hydrogen-bond donors (Lipinski definition) is 0. The summed E-state index contributed by atoms with van der Waals surface area (Å²) in [7, 11) is -3.51. The fourth-order valence-electron chi connectivity index (χ4n) is 2.95. The largest absolute Gasteiger partial charge is 0.317 e. The Morgan fingerprint density at radius 2 is 1.89 bits per heavy atom. The third-order valence-corrected chi connectivity index (χ3v) is 6.60. The summed E-state index contributed by atoms with van der Waals surface area (Å²) in [4.78, 5) is 17.6. The molecule has 1 amide bonds. The molecular weight excluding hydrogens is 380 g/mol. The number of fused-ring (bicyclic) bond motifs is 1. The molecule has 0 N–H and O–H groups in total. The molecule has 142 valence electrons. The molecule has 7 heteroatoms. The van der Waals surface area contributed by atoms with Crippen molar-refractivity contribution < 1.29 is 13.2 Å². The Morgan fingerprint density at radius 3 is 2.52 bits per heavy atom. The molecule has 0 aliphatic heterocycles. The average molecular weight is 403 g/mol. The Kier molecular flexibility index (Phi) is 5.35. The Hall–Kier alpha value is -2.25. The van der Waals surface area contributed by atoms with Crippen molar-refractivity contribution in [3.8, 4) is 0 Å². The van der Waals surface area contributed by atoms with Crippen molar-refractivity contribution in [2.45, 2.75) is 38.1 Å². The van der Waals surface area contributed by atoms with Gasteiger partial charge in [0.1, 0.15) is 0 Å². The highest BCUT2D eigenvalue weighted by molar-refractivity contribution is 7.90. The lowest BCUT2D eigenvalue weighted by Crippen LogP contribution is -2.17. The van der Waals surface area contributed by atoms with E-state index in [1.807, 2.05) is 11.5 Å². The number of hydrogen-bond acceptors (Lipinski definition) is 4. The second-order valence-corrected chi connectivity index (χ2v) is 9.69. The van der Waals surface area contributed by atoms with Gasteiger partial charge in [-0.3, -0.25) is 4.79 Å². The van der Waals surface area contributed by atoms with E-state index in [9.17, 15) is 13.2 Å². The van der Waals surface area contributed by atoms with Crippen LogP contribution >= 0.6 is 11.3 Å². The number of nitrogens with zero attached hydrogens (tertiary/aromatic N) is 2. The molecule has 3 rings (SSSR count). The van der Waals surface area contributed by atoms with E-state index in [2.05, 4.69) is 37.0 Å². The minimum Gasteiger partial charge on any atom is -0.317 e. The number of amides is 1. The predicted octanol–water partition coefficient (Wildman–Crippen LogP) is 3.99. The van der Waals surface area contributed by atoms with Crippen molar-refractivity contribution in [3.05, 3.63) is 58.4 Å². The maximum absolute atomic E-state index is 12.8. The van der Waals surface area contributed by atoms with Crippen molar-refractivity contribution >= 4 is 37.3 Å². The van der Waals surface area contributed by atoms with Gasteiger partial charge in [0, 0.05) is 12.8 Å². The van der Waals surface area contributed by atoms with Crippen LogP contribution in [-0.4, -0.2) is 25.1 Å². The zero-order chi connectivity index (χ0) is 19.8. The third-order valence-electron chi connectivity index (χ3n) is 4.40. The number of aryl methyl sites for hydroxylation is 1. The Bertz CT molecular complexity index is 1190. The highest BCUT2D eigenvalue weighted by Crippen LogP contribution is 2.24. The lowest BCUT2D eigenvalue weighted by molar-refractivity contribution is 0.0994. The van der Waals surface area contributed by atoms with Gasteiger partial charge in [0.25, 0.3) is 5.91 Å². The van der Waals surface area contributed by atoms with Crippen molar-refractivity contribution in [1.29, 1.82) is 0 Å². The Balaban J connectivity index is 2.18. The van der Waals surface area contributed by atoms with Gasteiger partial charge in [-0.1, -0.05) is 43.4 Å². The molecule has 0 spiro atoms. The molecule has 0 saturated heterocycles. The van der Waals surface area contributed by atoms with Crippen LogP contribution in [0.5, 0.6) is 0 Å². The number of carbonyl (C=O) groups is 1. The SMILES string of the molecule is CCn1c(=NC(=O)c2ccccc2S(C)(=O)=O)sc2cc(C(C)C)ccc21. The second-order valence-electron chi connectivity index (χ2n) is 6.70. The van der Waals surface area contributed by atoms with E-state index in [0.717, 1.165) is 16.5 Å². The number of rotatable bonds is 4. The third kappa shape index (κ3) is 3.89. The Morgan fingerprint density at radius 1 is 1.19 bits per heavy atom. The van der Waals surface area contributed by atoms with Crippen LogP contribution in [0.4, 0.5) is 0 Å². The molecule has 0 saturated carbocycles. The fraction of sp³-hybridized carbons (Fsp3) is 0.300. The predicted molar refractivity (Wildman–Crippen MR) is 109 cm³/mol. The summed E-state index contributed by atoms with van der Waals surface area (Å²) in [5.41, 5.74) is 2.35. The zero-order valence-electron chi connectivity index (χ0n) is 15.8. The quantitative estimate of drug-likeness (QED) is 0.663. The summed E-state index contributed by atoms with van der Waals surface area (Å²) in [6.45, 7) is 6.94. The highest BCUT2D eigenvalue weighted by atomic mass is 32.2. The fourth-order valence-corrected chi connectivity index (χ4v) is 4.97.